The van der Waals surface area contributed by atoms with Gasteiger partial charge in [-0.15, -0.1) is 6.58 Å². The van der Waals surface area contributed by atoms with E-state index in [4.69, 9.17) is 14.6 Å². The van der Waals surface area contributed by atoms with Gasteiger partial charge in [-0.1, -0.05) is 25.3 Å². The molecule has 0 aromatic rings. The fraction of sp³-hybridized carbons (Fsp3) is 0.778. The van der Waals surface area contributed by atoms with E-state index >= 15 is 0 Å². The number of rotatable bonds is 16. The number of ether oxygens (including phenoxy) is 2. The number of hydrogen-bond donors (Lipinski definition) is 1. The molecule has 0 rings (SSSR count). The fourth-order valence-electron chi connectivity index (χ4n) is 2.24. The molecule has 0 aliphatic rings. The van der Waals surface area contributed by atoms with Crippen LogP contribution in [0.3, 0.4) is 0 Å². The first-order valence-corrected chi connectivity index (χ1v) is 8.83. The Labute approximate surface area is 145 Å². The van der Waals surface area contributed by atoms with Gasteiger partial charge < -0.3 is 14.6 Å². The fourth-order valence-corrected chi connectivity index (χ4v) is 2.24. The lowest BCUT2D eigenvalue weighted by Crippen LogP contribution is -2.34. The summed E-state index contributed by atoms with van der Waals surface area (Å²) in [6, 6.07) is 0. The number of nitrogens with zero attached hydrogens (tertiary/aromatic N) is 1. The predicted molar refractivity (Wildman–Crippen MR) is 93.6 cm³/mol. The number of allylic oxidation sites excluding steroid dienone is 1. The van der Waals surface area contributed by atoms with Crippen molar-refractivity contribution in [3.8, 4) is 0 Å². The normalized spacial score (nSPS) is 10.6. The van der Waals surface area contributed by atoms with Crippen LogP contribution in [0.2, 0.25) is 0 Å². The number of hydrogen-bond acceptors (Lipinski definition) is 6. The smallest absolute Gasteiger partial charge is 0.305 e. The summed E-state index contributed by atoms with van der Waals surface area (Å²) in [6.45, 7) is 7.13. The molecule has 0 saturated heterocycles. The number of carbonyl (C=O) groups excluding carboxylic acids is 2. The van der Waals surface area contributed by atoms with Crippen LogP contribution in [-0.2, 0) is 19.1 Å². The Morgan fingerprint density at radius 3 is 2.25 bits per heavy atom. The topological polar surface area (TPSA) is 76.1 Å². The van der Waals surface area contributed by atoms with E-state index in [1.54, 1.807) is 0 Å². The van der Waals surface area contributed by atoms with E-state index in [-0.39, 0.29) is 31.8 Å². The van der Waals surface area contributed by atoms with Crippen LogP contribution < -0.4 is 0 Å². The van der Waals surface area contributed by atoms with E-state index in [9.17, 15) is 9.59 Å². The quantitative estimate of drug-likeness (QED) is 0.263. The summed E-state index contributed by atoms with van der Waals surface area (Å²) in [6.07, 6.45) is 8.84. The van der Waals surface area contributed by atoms with Crippen LogP contribution in [0, 0.1) is 0 Å². The number of esters is 2. The minimum atomic E-state index is -0.324. The number of unbranched alkanes of at least 4 members (excludes halogenated alkanes) is 5. The van der Waals surface area contributed by atoms with E-state index in [1.807, 2.05) is 11.0 Å². The molecule has 0 aliphatic heterocycles. The molecule has 0 unspecified atom stereocenters. The second kappa shape index (κ2) is 16.5. The van der Waals surface area contributed by atoms with Crippen molar-refractivity contribution in [3.63, 3.8) is 0 Å². The summed E-state index contributed by atoms with van der Waals surface area (Å²) < 4.78 is 10.1. The first-order valence-electron chi connectivity index (χ1n) is 8.83. The number of aliphatic hydroxyl groups excluding tert-OH is 1. The molecule has 0 aromatic heterocycles. The Morgan fingerprint density at radius 2 is 1.62 bits per heavy atom. The van der Waals surface area contributed by atoms with Crippen molar-refractivity contribution in [2.24, 2.45) is 0 Å². The van der Waals surface area contributed by atoms with Gasteiger partial charge in [-0.3, -0.25) is 14.5 Å². The molecule has 0 aromatic carbocycles. The Kier molecular flexibility index (Phi) is 15.5. The van der Waals surface area contributed by atoms with Gasteiger partial charge in [-0.25, -0.2) is 0 Å². The summed E-state index contributed by atoms with van der Waals surface area (Å²) >= 11 is 0. The molecule has 0 atom stereocenters. The van der Waals surface area contributed by atoms with Gasteiger partial charge in [0.1, 0.15) is 13.2 Å². The average molecular weight is 343 g/mol. The zero-order valence-corrected chi connectivity index (χ0v) is 15.0. The second-order valence-electron chi connectivity index (χ2n) is 5.72. The standard InChI is InChI=1S/C18H33NO5/c1-3-4-5-6-7-8-9-10-18(22)24-16-13-19(11-14-20)12-15-23-17(2)21/h3,20H,1,4-16H2,2H3. The molecular weight excluding hydrogens is 310 g/mol. The lowest BCUT2D eigenvalue weighted by Gasteiger charge is -2.20. The van der Waals surface area contributed by atoms with Gasteiger partial charge in [-0.2, -0.15) is 0 Å². The Balaban J connectivity index is 3.63. The molecule has 0 radical (unpaired) electrons. The number of aliphatic hydroxyl groups is 1. The highest BCUT2D eigenvalue weighted by Gasteiger charge is 2.08. The van der Waals surface area contributed by atoms with Crippen molar-refractivity contribution in [2.75, 3.05) is 39.5 Å². The van der Waals surface area contributed by atoms with Crippen LogP contribution >= 0.6 is 0 Å². The molecule has 0 amide bonds. The van der Waals surface area contributed by atoms with Crippen molar-refractivity contribution in [1.82, 2.24) is 4.90 Å². The summed E-state index contributed by atoms with van der Waals surface area (Å²) in [5, 5.41) is 9.01. The molecule has 0 aliphatic carbocycles. The molecule has 140 valence electrons. The Morgan fingerprint density at radius 1 is 1.00 bits per heavy atom. The lowest BCUT2D eigenvalue weighted by molar-refractivity contribution is -0.144. The third-order valence-corrected chi connectivity index (χ3v) is 3.59. The van der Waals surface area contributed by atoms with E-state index in [0.717, 1.165) is 25.7 Å². The van der Waals surface area contributed by atoms with Gasteiger partial charge in [0.2, 0.25) is 0 Å². The summed E-state index contributed by atoms with van der Waals surface area (Å²) in [4.78, 5) is 24.3. The zero-order chi connectivity index (χ0) is 18.0. The zero-order valence-electron chi connectivity index (χ0n) is 15.0. The van der Waals surface area contributed by atoms with Gasteiger partial charge in [0.15, 0.2) is 0 Å². The first-order chi connectivity index (χ1) is 11.6. The number of carbonyl (C=O) groups is 2. The summed E-state index contributed by atoms with van der Waals surface area (Å²) in [5.74, 6) is -0.500. The Hall–Kier alpha value is -1.40. The summed E-state index contributed by atoms with van der Waals surface area (Å²) in [7, 11) is 0. The van der Waals surface area contributed by atoms with Crippen molar-refractivity contribution in [2.45, 2.75) is 51.9 Å². The van der Waals surface area contributed by atoms with Gasteiger partial charge in [0.25, 0.3) is 0 Å². The lowest BCUT2D eigenvalue weighted by atomic mass is 10.1. The van der Waals surface area contributed by atoms with Crippen molar-refractivity contribution >= 4 is 11.9 Å². The third kappa shape index (κ3) is 15.5. The highest BCUT2D eigenvalue weighted by Crippen LogP contribution is 2.08. The van der Waals surface area contributed by atoms with E-state index < -0.39 is 0 Å². The molecule has 6 nitrogen and oxygen atoms in total. The van der Waals surface area contributed by atoms with Crippen LogP contribution in [0.1, 0.15) is 51.9 Å². The van der Waals surface area contributed by atoms with Crippen LogP contribution in [0.15, 0.2) is 12.7 Å². The molecule has 1 N–H and O–H groups in total. The molecule has 0 bridgehead atoms. The third-order valence-electron chi connectivity index (χ3n) is 3.59. The van der Waals surface area contributed by atoms with Crippen molar-refractivity contribution < 1.29 is 24.2 Å². The molecule has 0 saturated carbocycles. The van der Waals surface area contributed by atoms with E-state index in [1.165, 1.54) is 19.8 Å². The van der Waals surface area contributed by atoms with Crippen molar-refractivity contribution in [1.29, 1.82) is 0 Å². The predicted octanol–water partition coefficient (Wildman–Crippen LogP) is 2.30. The maximum absolute atomic E-state index is 11.6. The highest BCUT2D eigenvalue weighted by atomic mass is 16.5. The molecular formula is C18H33NO5. The van der Waals surface area contributed by atoms with E-state index in [0.29, 0.717) is 26.1 Å². The van der Waals surface area contributed by atoms with Crippen LogP contribution in [0.5, 0.6) is 0 Å². The van der Waals surface area contributed by atoms with Gasteiger partial charge in [0.05, 0.1) is 6.61 Å². The van der Waals surface area contributed by atoms with Crippen LogP contribution in [-0.4, -0.2) is 61.4 Å². The minimum Gasteiger partial charge on any atom is -0.465 e. The first kappa shape index (κ1) is 22.6. The molecule has 0 heterocycles. The maximum Gasteiger partial charge on any atom is 0.305 e. The molecule has 0 spiro atoms. The molecule has 0 fully saturated rings. The van der Waals surface area contributed by atoms with E-state index in [2.05, 4.69) is 6.58 Å². The molecule has 24 heavy (non-hydrogen) atoms. The SMILES string of the molecule is C=CCCCCCCCC(=O)OCCN(CCO)CCOC(C)=O. The second-order valence-corrected chi connectivity index (χ2v) is 5.72. The van der Waals surface area contributed by atoms with Crippen LogP contribution in [0.25, 0.3) is 0 Å². The van der Waals surface area contributed by atoms with Gasteiger partial charge in [0, 0.05) is 33.0 Å². The largest absolute Gasteiger partial charge is 0.465 e. The highest BCUT2D eigenvalue weighted by molar-refractivity contribution is 5.69. The monoisotopic (exact) mass is 343 g/mol. The van der Waals surface area contributed by atoms with Gasteiger partial charge in [-0.05, 0) is 19.3 Å². The van der Waals surface area contributed by atoms with Gasteiger partial charge >= 0.3 is 11.9 Å². The Bertz CT molecular complexity index is 346. The summed E-state index contributed by atoms with van der Waals surface area (Å²) in [5.41, 5.74) is 0. The minimum absolute atomic E-state index is 0.0138. The average Bonchev–Trinajstić information content (AvgIpc) is 2.53. The molecule has 6 heteroatoms. The van der Waals surface area contributed by atoms with Crippen molar-refractivity contribution in [3.05, 3.63) is 12.7 Å². The maximum atomic E-state index is 11.6. The van der Waals surface area contributed by atoms with Crippen LogP contribution in [0.4, 0.5) is 0 Å².